The van der Waals surface area contributed by atoms with Crippen LogP contribution in [0, 0.1) is 0 Å². The molecule has 1 amide bonds. The summed E-state index contributed by atoms with van der Waals surface area (Å²) in [6.07, 6.45) is 0.202. The quantitative estimate of drug-likeness (QED) is 0.582. The summed E-state index contributed by atoms with van der Waals surface area (Å²) in [5.41, 5.74) is 2.29. The third-order valence-electron chi connectivity index (χ3n) is 4.81. The third kappa shape index (κ3) is 5.20. The van der Waals surface area contributed by atoms with E-state index in [2.05, 4.69) is 5.32 Å². The number of nitrogens with zero attached hydrogens (tertiary/aromatic N) is 1. The Morgan fingerprint density at radius 1 is 0.967 bits per heavy atom. The highest BCUT2D eigenvalue weighted by molar-refractivity contribution is 7.92. The van der Waals surface area contributed by atoms with Crippen LogP contribution in [0.3, 0.4) is 0 Å². The number of rotatable bonds is 7. The van der Waals surface area contributed by atoms with E-state index in [4.69, 9.17) is 11.6 Å². The van der Waals surface area contributed by atoms with Crippen LogP contribution >= 0.6 is 11.6 Å². The largest absolute Gasteiger partial charge is 0.349 e. The second kappa shape index (κ2) is 9.32. The van der Waals surface area contributed by atoms with Gasteiger partial charge in [-0.2, -0.15) is 0 Å². The van der Waals surface area contributed by atoms with Crippen molar-refractivity contribution >= 4 is 33.2 Å². The van der Waals surface area contributed by atoms with Gasteiger partial charge in [0, 0.05) is 12.1 Å². The lowest BCUT2D eigenvalue weighted by Crippen LogP contribution is -2.28. The molecule has 0 radical (unpaired) electrons. The Labute approximate surface area is 182 Å². The molecule has 3 aromatic rings. The lowest BCUT2D eigenvalue weighted by Gasteiger charge is -2.20. The van der Waals surface area contributed by atoms with E-state index in [0.29, 0.717) is 10.7 Å². The first kappa shape index (κ1) is 21.9. The van der Waals surface area contributed by atoms with Crippen molar-refractivity contribution in [1.29, 1.82) is 0 Å². The second-order valence-electron chi connectivity index (χ2n) is 6.97. The highest BCUT2D eigenvalue weighted by Crippen LogP contribution is 2.22. The molecule has 156 valence electrons. The van der Waals surface area contributed by atoms with Gasteiger partial charge in [-0.25, -0.2) is 8.42 Å². The minimum Gasteiger partial charge on any atom is -0.349 e. The SMILES string of the molecule is C[C@H](NC(=O)Cc1ccc(N(C)S(=O)(=O)c2ccccc2)cc1)c1ccc(Cl)cc1. The van der Waals surface area contributed by atoms with Crippen LogP contribution in [0.25, 0.3) is 0 Å². The number of anilines is 1. The number of hydrogen-bond acceptors (Lipinski definition) is 3. The molecule has 0 aromatic heterocycles. The van der Waals surface area contributed by atoms with Crippen LogP contribution in [0.4, 0.5) is 5.69 Å². The summed E-state index contributed by atoms with van der Waals surface area (Å²) < 4.78 is 26.7. The van der Waals surface area contributed by atoms with Gasteiger partial charge in [-0.1, -0.05) is 54.1 Å². The number of halogens is 1. The van der Waals surface area contributed by atoms with Gasteiger partial charge >= 0.3 is 0 Å². The standard InChI is InChI=1S/C23H23ClN2O3S/c1-17(19-10-12-20(24)13-11-19)25-23(27)16-18-8-14-21(15-9-18)26(2)30(28,29)22-6-4-3-5-7-22/h3-15,17H,16H2,1-2H3,(H,25,27)/t17-/m0/s1. The van der Waals surface area contributed by atoms with Crippen LogP contribution in [-0.2, 0) is 21.2 Å². The van der Waals surface area contributed by atoms with Crippen molar-refractivity contribution in [2.24, 2.45) is 0 Å². The number of carbonyl (C=O) groups is 1. The molecule has 30 heavy (non-hydrogen) atoms. The zero-order chi connectivity index (χ0) is 21.7. The highest BCUT2D eigenvalue weighted by Gasteiger charge is 2.21. The number of carbonyl (C=O) groups excluding carboxylic acids is 1. The first-order valence-electron chi connectivity index (χ1n) is 9.45. The lowest BCUT2D eigenvalue weighted by molar-refractivity contribution is -0.121. The molecule has 0 spiro atoms. The van der Waals surface area contributed by atoms with Crippen molar-refractivity contribution in [2.75, 3.05) is 11.4 Å². The first-order valence-corrected chi connectivity index (χ1v) is 11.3. The Morgan fingerprint density at radius 2 is 1.57 bits per heavy atom. The average molecular weight is 443 g/mol. The molecule has 7 heteroatoms. The fourth-order valence-electron chi connectivity index (χ4n) is 3.03. The molecule has 0 saturated heterocycles. The van der Waals surface area contributed by atoms with E-state index >= 15 is 0 Å². The molecule has 5 nitrogen and oxygen atoms in total. The number of nitrogens with one attached hydrogen (secondary N) is 1. The van der Waals surface area contributed by atoms with Crippen LogP contribution in [0.5, 0.6) is 0 Å². The predicted molar refractivity (Wildman–Crippen MR) is 120 cm³/mol. The zero-order valence-corrected chi connectivity index (χ0v) is 18.3. The van der Waals surface area contributed by atoms with Gasteiger partial charge in [0.05, 0.1) is 23.0 Å². The van der Waals surface area contributed by atoms with Crippen LogP contribution in [-0.4, -0.2) is 21.4 Å². The fraction of sp³-hybridized carbons (Fsp3) is 0.174. The van der Waals surface area contributed by atoms with Crippen molar-refractivity contribution in [2.45, 2.75) is 24.3 Å². The van der Waals surface area contributed by atoms with E-state index in [0.717, 1.165) is 11.1 Å². The normalized spacial score (nSPS) is 12.2. The second-order valence-corrected chi connectivity index (χ2v) is 9.38. The molecule has 0 aliphatic heterocycles. The van der Waals surface area contributed by atoms with Crippen molar-refractivity contribution in [1.82, 2.24) is 5.32 Å². The van der Waals surface area contributed by atoms with Crippen molar-refractivity contribution in [3.05, 3.63) is 95.0 Å². The Kier molecular flexibility index (Phi) is 6.80. The van der Waals surface area contributed by atoms with Gasteiger partial charge in [-0.05, 0) is 54.4 Å². The molecule has 1 N–H and O–H groups in total. The predicted octanol–water partition coefficient (Wildman–Crippen LogP) is 4.59. The minimum atomic E-state index is -3.63. The third-order valence-corrected chi connectivity index (χ3v) is 6.87. The maximum Gasteiger partial charge on any atom is 0.264 e. The molecule has 0 saturated carbocycles. The molecule has 3 rings (SSSR count). The molecule has 0 unspecified atom stereocenters. The van der Waals surface area contributed by atoms with Gasteiger partial charge in [-0.3, -0.25) is 9.10 Å². The van der Waals surface area contributed by atoms with Crippen LogP contribution in [0.2, 0.25) is 5.02 Å². The summed E-state index contributed by atoms with van der Waals surface area (Å²) in [6.45, 7) is 1.91. The van der Waals surface area contributed by atoms with Gasteiger partial charge in [0.2, 0.25) is 5.91 Å². The van der Waals surface area contributed by atoms with E-state index in [1.54, 1.807) is 66.7 Å². The number of benzene rings is 3. The fourth-order valence-corrected chi connectivity index (χ4v) is 4.37. The Hall–Kier alpha value is -2.83. The van der Waals surface area contributed by atoms with E-state index in [9.17, 15) is 13.2 Å². The van der Waals surface area contributed by atoms with Gasteiger partial charge in [-0.15, -0.1) is 0 Å². The average Bonchev–Trinajstić information content (AvgIpc) is 2.74. The van der Waals surface area contributed by atoms with E-state index in [1.807, 2.05) is 19.1 Å². The van der Waals surface area contributed by atoms with E-state index in [-0.39, 0.29) is 23.3 Å². The summed E-state index contributed by atoms with van der Waals surface area (Å²) in [7, 11) is -2.12. The van der Waals surface area contributed by atoms with Crippen molar-refractivity contribution in [3.8, 4) is 0 Å². The molecule has 0 fully saturated rings. The number of amides is 1. The molecule has 0 bridgehead atoms. The Bertz CT molecular complexity index is 1100. The van der Waals surface area contributed by atoms with E-state index < -0.39 is 10.0 Å². The molecular weight excluding hydrogens is 420 g/mol. The van der Waals surface area contributed by atoms with Crippen molar-refractivity contribution < 1.29 is 13.2 Å². The maximum absolute atomic E-state index is 12.7. The number of sulfonamides is 1. The molecule has 0 aliphatic rings. The van der Waals surface area contributed by atoms with Crippen LogP contribution in [0.15, 0.2) is 83.8 Å². The van der Waals surface area contributed by atoms with Gasteiger partial charge < -0.3 is 5.32 Å². The smallest absolute Gasteiger partial charge is 0.264 e. The zero-order valence-electron chi connectivity index (χ0n) is 16.7. The monoisotopic (exact) mass is 442 g/mol. The van der Waals surface area contributed by atoms with Crippen LogP contribution < -0.4 is 9.62 Å². The summed E-state index contributed by atoms with van der Waals surface area (Å²) in [5, 5.41) is 3.61. The van der Waals surface area contributed by atoms with Gasteiger partial charge in [0.1, 0.15) is 0 Å². The Morgan fingerprint density at radius 3 is 2.17 bits per heavy atom. The lowest BCUT2D eigenvalue weighted by atomic mass is 10.1. The molecule has 0 heterocycles. The molecular formula is C23H23ClN2O3S. The topological polar surface area (TPSA) is 66.5 Å². The number of hydrogen-bond donors (Lipinski definition) is 1. The Balaban J connectivity index is 1.64. The highest BCUT2D eigenvalue weighted by atomic mass is 35.5. The maximum atomic E-state index is 12.7. The van der Waals surface area contributed by atoms with E-state index in [1.165, 1.54) is 11.4 Å². The summed E-state index contributed by atoms with van der Waals surface area (Å²) >= 11 is 5.90. The van der Waals surface area contributed by atoms with Crippen LogP contribution in [0.1, 0.15) is 24.1 Å². The van der Waals surface area contributed by atoms with Crippen molar-refractivity contribution in [3.63, 3.8) is 0 Å². The molecule has 1 atom stereocenters. The first-order chi connectivity index (χ1) is 14.3. The minimum absolute atomic E-state index is 0.115. The van der Waals surface area contributed by atoms with Gasteiger partial charge in [0.25, 0.3) is 10.0 Å². The summed E-state index contributed by atoms with van der Waals surface area (Å²) in [6, 6.07) is 22.4. The summed E-state index contributed by atoms with van der Waals surface area (Å²) in [5.74, 6) is -0.115. The molecule has 0 aliphatic carbocycles. The summed E-state index contributed by atoms with van der Waals surface area (Å²) in [4.78, 5) is 12.6. The van der Waals surface area contributed by atoms with Gasteiger partial charge in [0.15, 0.2) is 0 Å². The molecule has 3 aromatic carbocycles.